The molecule has 8 N–H and O–H groups in total. The van der Waals surface area contributed by atoms with Gasteiger partial charge in [0.2, 0.25) is 0 Å². The molecule has 9 fully saturated rings. The lowest BCUT2D eigenvalue weighted by Crippen LogP contribution is -2.67. The van der Waals surface area contributed by atoms with Crippen molar-refractivity contribution in [2.24, 2.45) is 45.3 Å². The molecule has 24 atom stereocenters. The van der Waals surface area contributed by atoms with Crippen LogP contribution in [0.5, 0.6) is 0 Å². The fourth-order valence-electron chi connectivity index (χ4n) is 15.6. The molecule has 16 heteroatoms. The lowest BCUT2D eigenvalue weighted by atomic mass is 9.35. The van der Waals surface area contributed by atoms with Crippen LogP contribution in [-0.4, -0.2) is 164 Å². The number of allylic oxidation sites excluding steroid dienone is 1. The smallest absolute Gasteiger partial charge is 0.187 e. The second-order valence-corrected chi connectivity index (χ2v) is 22.5. The zero-order valence-electron chi connectivity index (χ0n) is 37.7. The van der Waals surface area contributed by atoms with E-state index in [2.05, 4.69) is 47.6 Å². The summed E-state index contributed by atoms with van der Waals surface area (Å²) in [6, 6.07) is 0. The summed E-state index contributed by atoms with van der Waals surface area (Å²) < 4.78 is 51.0. The molecule has 4 aliphatic carbocycles. The van der Waals surface area contributed by atoms with Crippen LogP contribution in [0.2, 0.25) is 0 Å². The molecule has 9 rings (SSSR count). The van der Waals surface area contributed by atoms with E-state index in [-0.39, 0.29) is 52.3 Å². The third-order valence-corrected chi connectivity index (χ3v) is 18.4. The van der Waals surface area contributed by atoms with Crippen LogP contribution in [0.1, 0.15) is 107 Å². The molecule has 0 amide bonds. The maximum Gasteiger partial charge on any atom is 0.187 e. The first-order chi connectivity index (χ1) is 29.0. The molecule has 5 aliphatic heterocycles. The number of aliphatic hydroxyl groups excluding tert-OH is 7. The van der Waals surface area contributed by atoms with Crippen molar-refractivity contribution in [1.82, 2.24) is 0 Å². The summed E-state index contributed by atoms with van der Waals surface area (Å²) in [5, 5.41) is 86.8. The molecular weight excluding hydrogens is 808 g/mol. The van der Waals surface area contributed by atoms with Gasteiger partial charge in [-0.3, -0.25) is 0 Å². The first kappa shape index (κ1) is 46.2. The molecule has 16 nitrogen and oxygen atoms in total. The second-order valence-electron chi connectivity index (χ2n) is 22.5. The Labute approximate surface area is 365 Å². The van der Waals surface area contributed by atoms with E-state index in [9.17, 15) is 40.9 Å². The van der Waals surface area contributed by atoms with Gasteiger partial charge in [0, 0.05) is 24.2 Å². The minimum atomic E-state index is -1.76. The van der Waals surface area contributed by atoms with E-state index < -0.39 is 97.9 Å². The summed E-state index contributed by atoms with van der Waals surface area (Å²) in [6.07, 6.45) is -9.41. The van der Waals surface area contributed by atoms with Crippen molar-refractivity contribution in [2.75, 3.05) is 19.8 Å². The number of rotatable bonds is 8. The van der Waals surface area contributed by atoms with Crippen molar-refractivity contribution < 1.29 is 78.7 Å². The number of ether oxygens (including phenoxy) is 8. The first-order valence-electron chi connectivity index (χ1n) is 23.3. The van der Waals surface area contributed by atoms with Crippen LogP contribution in [0.15, 0.2) is 11.6 Å². The van der Waals surface area contributed by atoms with Gasteiger partial charge in [0.15, 0.2) is 24.7 Å². The molecule has 5 saturated heterocycles. The van der Waals surface area contributed by atoms with E-state index >= 15 is 0 Å². The van der Waals surface area contributed by atoms with Gasteiger partial charge in [-0.25, -0.2) is 0 Å². The summed E-state index contributed by atoms with van der Waals surface area (Å²) >= 11 is 0. The van der Waals surface area contributed by atoms with E-state index in [1.165, 1.54) is 0 Å². The predicted molar refractivity (Wildman–Crippen MR) is 217 cm³/mol. The van der Waals surface area contributed by atoms with Crippen LogP contribution in [0.3, 0.4) is 0 Å². The maximum absolute atomic E-state index is 12.2. The van der Waals surface area contributed by atoms with E-state index in [0.717, 1.165) is 44.1 Å². The van der Waals surface area contributed by atoms with Crippen LogP contribution in [-0.2, 0) is 37.9 Å². The van der Waals surface area contributed by atoms with E-state index in [1.54, 1.807) is 6.92 Å². The SMILES string of the molecule is CC(C)=C[C@H]1C[C@](C)(O)C2[C@H]3CC[C@@H]4[C@@]5(C)CC[C@H](OC6OC[C@@H](O)[C@H](OC7O[C@H](CO)[C@@H](O)[C@H](O)[C@H]7O)[C@H]6OC6O[C@@H](C)[C@H](O)[C@H]6O)C(C)(C)[C@@H]5CC[C@@]4(C)[C@@]34CO[C@@]2(C4)O1. The van der Waals surface area contributed by atoms with E-state index in [0.29, 0.717) is 31.3 Å². The molecule has 5 heterocycles. The summed E-state index contributed by atoms with van der Waals surface area (Å²) in [7, 11) is 0. The Bertz CT molecular complexity index is 1690. The van der Waals surface area contributed by atoms with Gasteiger partial charge in [0.25, 0.3) is 0 Å². The highest BCUT2D eigenvalue weighted by atomic mass is 16.8. The zero-order valence-corrected chi connectivity index (χ0v) is 37.7. The van der Waals surface area contributed by atoms with Crippen LogP contribution in [0, 0.1) is 45.3 Å². The standard InChI is InChI=1S/C46H74O16/c1-21(2)15-23-16-44(8,54)37-24-9-10-28-42(6)13-12-29(41(4,5)27(42)11-14-43(28,7)45(24)19-46(37,62-23)56-20-45)59-40-36(61-38-33(52)30(49)22(3)57-38)35(25(48)18-55-40)60-39-34(53)32(51)31(50)26(17-47)58-39/h15,22-40,47-54H,9-14,16-20H2,1-8H3/t22-,23-,24+,25+,26+,27-,28+,29-,30-,31+,32-,33+,34+,35-,36+,37?,38?,39?,40?,42-,43+,44-,45-,46-/m0/s1. The van der Waals surface area contributed by atoms with Gasteiger partial charge in [-0.05, 0) is 100 Å². The van der Waals surface area contributed by atoms with Crippen LogP contribution >= 0.6 is 0 Å². The third-order valence-electron chi connectivity index (χ3n) is 18.4. The third kappa shape index (κ3) is 6.81. The number of fused-ring (bicyclic) bond motifs is 4. The van der Waals surface area contributed by atoms with Gasteiger partial charge in [-0.15, -0.1) is 0 Å². The number of hydrogen-bond acceptors (Lipinski definition) is 16. The highest BCUT2D eigenvalue weighted by Crippen LogP contribution is 2.80. The molecule has 2 bridgehead atoms. The van der Waals surface area contributed by atoms with Gasteiger partial charge in [0.05, 0.1) is 43.7 Å². The van der Waals surface area contributed by atoms with Crippen molar-refractivity contribution in [3.63, 3.8) is 0 Å². The van der Waals surface area contributed by atoms with Crippen LogP contribution in [0.25, 0.3) is 0 Å². The van der Waals surface area contributed by atoms with Crippen molar-refractivity contribution in [1.29, 1.82) is 0 Å². The first-order valence-corrected chi connectivity index (χ1v) is 23.3. The summed E-state index contributed by atoms with van der Waals surface area (Å²) in [5.41, 5.74) is -0.340. The molecule has 4 saturated carbocycles. The number of aliphatic hydroxyl groups is 8. The highest BCUT2D eigenvalue weighted by molar-refractivity contribution is 5.26. The average Bonchev–Trinajstić information content (AvgIpc) is 3.80. The Hall–Kier alpha value is -0.900. The Kier molecular flexibility index (Phi) is 11.8. The highest BCUT2D eigenvalue weighted by Gasteiger charge is 2.81. The van der Waals surface area contributed by atoms with Crippen molar-refractivity contribution >= 4 is 0 Å². The van der Waals surface area contributed by atoms with Crippen LogP contribution in [0.4, 0.5) is 0 Å². The molecule has 0 aromatic rings. The molecule has 9 aliphatic rings. The minimum absolute atomic E-state index is 0.0441. The molecule has 2 spiro atoms. The molecule has 0 radical (unpaired) electrons. The van der Waals surface area contributed by atoms with Gasteiger partial charge >= 0.3 is 0 Å². The molecule has 62 heavy (non-hydrogen) atoms. The molecule has 4 unspecified atom stereocenters. The van der Waals surface area contributed by atoms with Gasteiger partial charge in [0.1, 0.15) is 54.9 Å². The molecule has 0 aromatic carbocycles. The lowest BCUT2D eigenvalue weighted by Gasteiger charge is -2.70. The molecular formula is C46H74O16. The van der Waals surface area contributed by atoms with Crippen molar-refractivity contribution in [3.8, 4) is 0 Å². The van der Waals surface area contributed by atoms with E-state index in [4.69, 9.17) is 37.9 Å². The van der Waals surface area contributed by atoms with Gasteiger partial charge in [-0.1, -0.05) is 39.3 Å². The zero-order chi connectivity index (χ0) is 44.7. The fourth-order valence-corrected chi connectivity index (χ4v) is 15.6. The molecule has 0 aromatic heterocycles. The topological polar surface area (TPSA) is 236 Å². The minimum Gasteiger partial charge on any atom is -0.394 e. The summed E-state index contributed by atoms with van der Waals surface area (Å²) in [5.74, 6) is 0.0653. The number of hydrogen-bond donors (Lipinski definition) is 8. The summed E-state index contributed by atoms with van der Waals surface area (Å²) in [6.45, 7) is 17.0. The maximum atomic E-state index is 12.2. The average molecular weight is 883 g/mol. The Morgan fingerprint density at radius 1 is 0.758 bits per heavy atom. The van der Waals surface area contributed by atoms with E-state index in [1.807, 2.05) is 6.92 Å². The van der Waals surface area contributed by atoms with Crippen molar-refractivity contribution in [2.45, 2.75) is 210 Å². The monoisotopic (exact) mass is 882 g/mol. The Morgan fingerprint density at radius 3 is 2.13 bits per heavy atom. The van der Waals surface area contributed by atoms with Gasteiger partial charge in [-0.2, -0.15) is 0 Å². The second kappa shape index (κ2) is 15.8. The largest absolute Gasteiger partial charge is 0.394 e. The van der Waals surface area contributed by atoms with Crippen LogP contribution < -0.4 is 0 Å². The van der Waals surface area contributed by atoms with Gasteiger partial charge < -0.3 is 78.7 Å². The quantitative estimate of drug-likeness (QED) is 0.128. The summed E-state index contributed by atoms with van der Waals surface area (Å²) in [4.78, 5) is 0. The predicted octanol–water partition coefficient (Wildman–Crippen LogP) is 1.63. The fraction of sp³-hybridized carbons (Fsp3) is 0.957. The normalized spacial score (nSPS) is 57.9. The lowest BCUT2D eigenvalue weighted by molar-refractivity contribution is -0.375. The Balaban J connectivity index is 0.967. The molecule has 354 valence electrons. The van der Waals surface area contributed by atoms with Crippen molar-refractivity contribution in [3.05, 3.63) is 11.6 Å². The Morgan fingerprint density at radius 2 is 1.45 bits per heavy atom.